The molecule has 2 aromatic carbocycles. The summed E-state index contributed by atoms with van der Waals surface area (Å²) in [5.41, 5.74) is 2.16. The van der Waals surface area contributed by atoms with Crippen molar-refractivity contribution in [2.24, 2.45) is 0 Å². The number of sulfonamides is 1. The zero-order valence-corrected chi connectivity index (χ0v) is 19.7. The second-order valence-electron chi connectivity index (χ2n) is 6.70. The van der Waals surface area contributed by atoms with Gasteiger partial charge in [-0.05, 0) is 43.7 Å². The maximum atomic E-state index is 13.3. The summed E-state index contributed by atoms with van der Waals surface area (Å²) in [6.45, 7) is 8.40. The number of benzene rings is 2. The van der Waals surface area contributed by atoms with Crippen LogP contribution in [0.5, 0.6) is 0 Å². The molecular weight excluding hydrogens is 442 g/mol. The van der Waals surface area contributed by atoms with E-state index in [0.717, 1.165) is 15.8 Å². The van der Waals surface area contributed by atoms with E-state index in [2.05, 4.69) is 4.98 Å². The molecule has 1 amide bonds. The fraction of sp³-hybridized carbons (Fsp3) is 0.333. The number of thiazole rings is 1. The van der Waals surface area contributed by atoms with E-state index in [0.29, 0.717) is 24.8 Å². The summed E-state index contributed by atoms with van der Waals surface area (Å²) in [6.07, 6.45) is 0. The third kappa shape index (κ3) is 4.09. The minimum Gasteiger partial charge on any atom is -0.284 e. The van der Waals surface area contributed by atoms with Crippen molar-refractivity contribution in [1.82, 2.24) is 9.29 Å². The van der Waals surface area contributed by atoms with Gasteiger partial charge >= 0.3 is 0 Å². The summed E-state index contributed by atoms with van der Waals surface area (Å²) in [7, 11) is -3.79. The average molecular weight is 466 g/mol. The Morgan fingerprint density at radius 1 is 1.10 bits per heavy atom. The maximum absolute atomic E-state index is 13.3. The summed E-state index contributed by atoms with van der Waals surface area (Å²) >= 11 is 7.64. The van der Waals surface area contributed by atoms with Gasteiger partial charge < -0.3 is 0 Å². The van der Waals surface area contributed by atoms with Gasteiger partial charge in [-0.2, -0.15) is 4.31 Å². The molecule has 0 aliphatic carbocycles. The van der Waals surface area contributed by atoms with E-state index in [1.165, 1.54) is 27.8 Å². The Kier molecular flexibility index (Phi) is 6.81. The van der Waals surface area contributed by atoms with E-state index < -0.39 is 10.0 Å². The Hall–Kier alpha value is -2.00. The van der Waals surface area contributed by atoms with E-state index in [4.69, 9.17) is 11.6 Å². The van der Waals surface area contributed by atoms with Crippen LogP contribution in [0, 0.1) is 6.92 Å². The average Bonchev–Trinajstić information content (AvgIpc) is 3.14. The monoisotopic (exact) mass is 465 g/mol. The van der Waals surface area contributed by atoms with Crippen molar-refractivity contribution < 1.29 is 13.2 Å². The van der Waals surface area contributed by atoms with Gasteiger partial charge in [0, 0.05) is 25.2 Å². The van der Waals surface area contributed by atoms with Gasteiger partial charge in [0.2, 0.25) is 10.0 Å². The number of hydrogen-bond donors (Lipinski definition) is 0. The molecule has 6 nitrogen and oxygen atoms in total. The predicted molar refractivity (Wildman–Crippen MR) is 123 cm³/mol. The fourth-order valence-corrected chi connectivity index (χ4v) is 6.31. The normalized spacial score (nSPS) is 11.9. The predicted octanol–water partition coefficient (Wildman–Crippen LogP) is 4.96. The van der Waals surface area contributed by atoms with Crippen LogP contribution in [0.1, 0.15) is 36.7 Å². The zero-order chi connectivity index (χ0) is 22.1. The van der Waals surface area contributed by atoms with Gasteiger partial charge in [0.15, 0.2) is 5.13 Å². The van der Waals surface area contributed by atoms with Crippen LogP contribution in [0.2, 0.25) is 5.02 Å². The number of rotatable bonds is 7. The van der Waals surface area contributed by atoms with Crippen molar-refractivity contribution in [3.8, 4) is 0 Å². The number of nitrogens with zero attached hydrogens (tertiary/aromatic N) is 3. The lowest BCUT2D eigenvalue weighted by Crippen LogP contribution is -2.32. The number of amides is 1. The molecule has 0 unspecified atom stereocenters. The number of aryl methyl sites for hydroxylation is 1. The Labute approximate surface area is 186 Å². The SMILES string of the molecule is CCN(C(=O)c1ccc(Cl)c(S(=O)(=O)N(CC)CC)c1)c1nc2c(C)cccc2s1. The molecule has 30 heavy (non-hydrogen) atoms. The van der Waals surface area contributed by atoms with Crippen molar-refractivity contribution in [3.05, 3.63) is 52.5 Å². The standard InChI is InChI=1S/C21H24ClN3O3S2/c1-5-24(6-2)30(27,28)18-13-15(11-12-16(18)22)20(26)25(7-3)21-23-19-14(4)9-8-10-17(19)29-21/h8-13H,5-7H2,1-4H3. The Morgan fingerprint density at radius 3 is 2.40 bits per heavy atom. The lowest BCUT2D eigenvalue weighted by Gasteiger charge is -2.21. The molecule has 0 atom stereocenters. The highest BCUT2D eigenvalue weighted by Crippen LogP contribution is 2.32. The largest absolute Gasteiger partial charge is 0.284 e. The van der Waals surface area contributed by atoms with Gasteiger partial charge in [0.05, 0.1) is 15.2 Å². The van der Waals surface area contributed by atoms with E-state index in [-0.39, 0.29) is 21.4 Å². The lowest BCUT2D eigenvalue weighted by molar-refractivity contribution is 0.0988. The fourth-order valence-electron chi connectivity index (χ4n) is 3.25. The van der Waals surface area contributed by atoms with E-state index in [1.54, 1.807) is 24.8 Å². The van der Waals surface area contributed by atoms with Crippen LogP contribution >= 0.6 is 22.9 Å². The van der Waals surface area contributed by atoms with Crippen LogP contribution in [-0.2, 0) is 10.0 Å². The summed E-state index contributed by atoms with van der Waals surface area (Å²) in [5.74, 6) is -0.318. The first-order chi connectivity index (χ1) is 14.2. The van der Waals surface area contributed by atoms with Crippen LogP contribution in [0.15, 0.2) is 41.3 Å². The highest BCUT2D eigenvalue weighted by Gasteiger charge is 2.27. The van der Waals surface area contributed by atoms with Crippen molar-refractivity contribution in [3.63, 3.8) is 0 Å². The number of carbonyl (C=O) groups excluding carboxylic acids is 1. The van der Waals surface area contributed by atoms with Crippen molar-refractivity contribution >= 4 is 54.2 Å². The van der Waals surface area contributed by atoms with Gasteiger partial charge in [-0.3, -0.25) is 9.69 Å². The molecule has 0 spiro atoms. The Bertz CT molecular complexity index is 1190. The lowest BCUT2D eigenvalue weighted by atomic mass is 10.2. The van der Waals surface area contributed by atoms with Gasteiger partial charge in [0.25, 0.3) is 5.91 Å². The number of fused-ring (bicyclic) bond motifs is 1. The van der Waals surface area contributed by atoms with Gasteiger partial charge in [-0.1, -0.05) is 48.9 Å². The van der Waals surface area contributed by atoms with Crippen LogP contribution in [-0.4, -0.2) is 43.2 Å². The summed E-state index contributed by atoms with van der Waals surface area (Å²) < 4.78 is 28.2. The van der Waals surface area contributed by atoms with E-state index in [9.17, 15) is 13.2 Å². The maximum Gasteiger partial charge on any atom is 0.260 e. The molecule has 0 saturated heterocycles. The molecule has 0 aliphatic rings. The summed E-state index contributed by atoms with van der Waals surface area (Å²) in [4.78, 5) is 19.4. The molecule has 3 rings (SSSR count). The molecule has 0 saturated carbocycles. The third-order valence-electron chi connectivity index (χ3n) is 4.90. The number of halogens is 1. The number of aromatic nitrogens is 1. The quantitative estimate of drug-likeness (QED) is 0.494. The second kappa shape index (κ2) is 9.01. The molecule has 0 bridgehead atoms. The van der Waals surface area contributed by atoms with Crippen LogP contribution in [0.25, 0.3) is 10.2 Å². The van der Waals surface area contributed by atoms with Gasteiger partial charge in [-0.15, -0.1) is 0 Å². The molecule has 0 radical (unpaired) electrons. The molecule has 160 valence electrons. The van der Waals surface area contributed by atoms with E-state index in [1.807, 2.05) is 32.0 Å². The topological polar surface area (TPSA) is 70.6 Å². The Morgan fingerprint density at radius 2 is 1.80 bits per heavy atom. The molecule has 1 heterocycles. The number of hydrogen-bond acceptors (Lipinski definition) is 5. The first-order valence-corrected chi connectivity index (χ1v) is 12.4. The molecule has 0 N–H and O–H groups in total. The highest BCUT2D eigenvalue weighted by molar-refractivity contribution is 7.89. The molecule has 1 aromatic heterocycles. The molecule has 9 heteroatoms. The molecule has 0 fully saturated rings. The molecule has 3 aromatic rings. The van der Waals surface area contributed by atoms with Crippen LogP contribution < -0.4 is 4.90 Å². The highest BCUT2D eigenvalue weighted by atomic mass is 35.5. The third-order valence-corrected chi connectivity index (χ3v) is 8.48. The minimum atomic E-state index is -3.79. The van der Waals surface area contributed by atoms with E-state index >= 15 is 0 Å². The Balaban J connectivity index is 2.04. The van der Waals surface area contributed by atoms with Crippen molar-refractivity contribution in [2.45, 2.75) is 32.6 Å². The minimum absolute atomic E-state index is 0.0603. The van der Waals surface area contributed by atoms with Crippen LogP contribution in [0.3, 0.4) is 0 Å². The first-order valence-electron chi connectivity index (χ1n) is 9.72. The first kappa shape index (κ1) is 22.7. The van der Waals surface area contributed by atoms with Crippen LogP contribution in [0.4, 0.5) is 5.13 Å². The van der Waals surface area contributed by atoms with Gasteiger partial charge in [0.1, 0.15) is 4.90 Å². The number of para-hydroxylation sites is 1. The smallest absolute Gasteiger partial charge is 0.260 e. The number of carbonyl (C=O) groups is 1. The van der Waals surface area contributed by atoms with Gasteiger partial charge in [-0.25, -0.2) is 13.4 Å². The summed E-state index contributed by atoms with van der Waals surface area (Å²) in [5, 5.41) is 0.673. The van der Waals surface area contributed by atoms with Crippen molar-refractivity contribution in [1.29, 1.82) is 0 Å². The second-order valence-corrected chi connectivity index (χ2v) is 10.0. The number of anilines is 1. The molecular formula is C21H24ClN3O3S2. The zero-order valence-electron chi connectivity index (χ0n) is 17.3. The summed E-state index contributed by atoms with van der Waals surface area (Å²) in [6, 6.07) is 10.3. The molecule has 0 aliphatic heterocycles. The van der Waals surface area contributed by atoms with Crippen molar-refractivity contribution in [2.75, 3.05) is 24.5 Å².